The van der Waals surface area contributed by atoms with Gasteiger partial charge in [-0.1, -0.05) is 12.1 Å². The SMILES string of the molecule is CN(CC(=O)NC1CC1)C(=O)c1cccc(CCl)c1. The summed E-state index contributed by atoms with van der Waals surface area (Å²) < 4.78 is 0. The lowest BCUT2D eigenvalue weighted by Gasteiger charge is -2.17. The third kappa shape index (κ3) is 3.96. The lowest BCUT2D eigenvalue weighted by Crippen LogP contribution is -2.39. The quantitative estimate of drug-likeness (QED) is 0.836. The monoisotopic (exact) mass is 280 g/mol. The Kier molecular flexibility index (Phi) is 4.43. The molecule has 0 bridgehead atoms. The number of alkyl halides is 1. The Bertz CT molecular complexity index is 486. The van der Waals surface area contributed by atoms with E-state index in [9.17, 15) is 9.59 Å². The number of nitrogens with zero attached hydrogens (tertiary/aromatic N) is 1. The lowest BCUT2D eigenvalue weighted by atomic mass is 10.1. The fourth-order valence-electron chi connectivity index (χ4n) is 1.80. The number of carbonyl (C=O) groups excluding carboxylic acids is 2. The minimum atomic E-state index is -0.169. The average molecular weight is 281 g/mol. The van der Waals surface area contributed by atoms with Gasteiger partial charge in [0.2, 0.25) is 5.91 Å². The molecule has 0 aromatic heterocycles. The Labute approximate surface area is 117 Å². The molecule has 0 radical (unpaired) electrons. The second kappa shape index (κ2) is 6.06. The Morgan fingerprint density at radius 1 is 1.42 bits per heavy atom. The van der Waals surface area contributed by atoms with Gasteiger partial charge in [0.25, 0.3) is 5.91 Å². The topological polar surface area (TPSA) is 49.4 Å². The van der Waals surface area contributed by atoms with E-state index >= 15 is 0 Å². The number of likely N-dealkylation sites (N-methyl/N-ethyl adjacent to an activating group) is 1. The van der Waals surface area contributed by atoms with E-state index in [0.717, 1.165) is 18.4 Å². The summed E-state index contributed by atoms with van der Waals surface area (Å²) in [5.41, 5.74) is 1.45. The molecular formula is C14H17ClN2O2. The number of hydrogen-bond donors (Lipinski definition) is 1. The fraction of sp³-hybridized carbons (Fsp3) is 0.429. The molecule has 5 heteroatoms. The normalized spacial score (nSPS) is 14.0. The van der Waals surface area contributed by atoms with Crippen LogP contribution in [0.3, 0.4) is 0 Å². The minimum absolute atomic E-state index is 0.0838. The highest BCUT2D eigenvalue weighted by molar-refractivity contribution is 6.17. The Morgan fingerprint density at radius 2 is 2.16 bits per heavy atom. The Balaban J connectivity index is 1.94. The molecule has 0 aliphatic heterocycles. The molecule has 0 spiro atoms. The molecule has 1 aromatic carbocycles. The lowest BCUT2D eigenvalue weighted by molar-refractivity contribution is -0.121. The highest BCUT2D eigenvalue weighted by Crippen LogP contribution is 2.18. The predicted molar refractivity (Wildman–Crippen MR) is 74.1 cm³/mol. The first kappa shape index (κ1) is 13.9. The van der Waals surface area contributed by atoms with Crippen molar-refractivity contribution in [2.45, 2.75) is 24.8 Å². The van der Waals surface area contributed by atoms with Gasteiger partial charge >= 0.3 is 0 Å². The number of carbonyl (C=O) groups is 2. The standard InChI is InChI=1S/C14H17ClN2O2/c1-17(9-13(18)16-12-5-6-12)14(19)11-4-2-3-10(7-11)8-15/h2-4,7,12H,5-6,8-9H2,1H3,(H,16,18). The van der Waals surface area contributed by atoms with Crippen molar-refractivity contribution in [3.8, 4) is 0 Å². The maximum atomic E-state index is 12.2. The van der Waals surface area contributed by atoms with Gasteiger partial charge in [-0.2, -0.15) is 0 Å². The van der Waals surface area contributed by atoms with Crippen molar-refractivity contribution in [1.29, 1.82) is 0 Å². The van der Waals surface area contributed by atoms with E-state index in [-0.39, 0.29) is 18.4 Å². The van der Waals surface area contributed by atoms with Gasteiger partial charge in [-0.05, 0) is 30.5 Å². The molecule has 2 amide bonds. The van der Waals surface area contributed by atoms with Gasteiger partial charge in [-0.15, -0.1) is 11.6 Å². The van der Waals surface area contributed by atoms with Gasteiger partial charge in [-0.3, -0.25) is 9.59 Å². The van der Waals surface area contributed by atoms with Crippen molar-refractivity contribution < 1.29 is 9.59 Å². The summed E-state index contributed by atoms with van der Waals surface area (Å²) in [5, 5.41) is 2.86. The predicted octanol–water partition coefficient (Wildman–Crippen LogP) is 1.78. The largest absolute Gasteiger partial charge is 0.352 e. The van der Waals surface area contributed by atoms with Crippen molar-refractivity contribution in [2.75, 3.05) is 13.6 Å². The molecule has 2 rings (SSSR count). The van der Waals surface area contributed by atoms with Crippen LogP contribution in [0.25, 0.3) is 0 Å². The minimum Gasteiger partial charge on any atom is -0.352 e. The van der Waals surface area contributed by atoms with Crippen LogP contribution < -0.4 is 5.32 Å². The van der Waals surface area contributed by atoms with E-state index in [4.69, 9.17) is 11.6 Å². The van der Waals surface area contributed by atoms with Crippen molar-refractivity contribution >= 4 is 23.4 Å². The molecule has 19 heavy (non-hydrogen) atoms. The fourth-order valence-corrected chi connectivity index (χ4v) is 1.96. The molecule has 0 heterocycles. The first-order valence-electron chi connectivity index (χ1n) is 6.30. The van der Waals surface area contributed by atoms with Crippen LogP contribution in [0.1, 0.15) is 28.8 Å². The Morgan fingerprint density at radius 3 is 2.79 bits per heavy atom. The Hall–Kier alpha value is -1.55. The van der Waals surface area contributed by atoms with Crippen LogP contribution in [0.4, 0.5) is 0 Å². The van der Waals surface area contributed by atoms with Crippen LogP contribution in [0, 0.1) is 0 Å². The highest BCUT2D eigenvalue weighted by Gasteiger charge is 2.24. The number of rotatable bonds is 5. The van der Waals surface area contributed by atoms with Crippen LogP contribution in [-0.2, 0) is 10.7 Å². The van der Waals surface area contributed by atoms with E-state index in [1.54, 1.807) is 25.2 Å². The molecule has 102 valence electrons. The maximum Gasteiger partial charge on any atom is 0.254 e. The van der Waals surface area contributed by atoms with E-state index in [1.165, 1.54) is 4.90 Å². The van der Waals surface area contributed by atoms with E-state index in [1.807, 2.05) is 6.07 Å². The third-order valence-electron chi connectivity index (χ3n) is 3.00. The molecule has 0 atom stereocenters. The third-order valence-corrected chi connectivity index (χ3v) is 3.31. The molecule has 1 aliphatic carbocycles. The number of halogens is 1. The maximum absolute atomic E-state index is 12.2. The van der Waals surface area contributed by atoms with Gasteiger partial charge in [0.15, 0.2) is 0 Å². The number of hydrogen-bond acceptors (Lipinski definition) is 2. The molecule has 4 nitrogen and oxygen atoms in total. The van der Waals surface area contributed by atoms with Crippen LogP contribution in [0.5, 0.6) is 0 Å². The number of amides is 2. The summed E-state index contributed by atoms with van der Waals surface area (Å²) in [4.78, 5) is 25.2. The summed E-state index contributed by atoms with van der Waals surface area (Å²) in [7, 11) is 1.63. The van der Waals surface area contributed by atoms with Crippen LogP contribution in [0.2, 0.25) is 0 Å². The second-order valence-corrected chi connectivity index (χ2v) is 5.10. The first-order valence-corrected chi connectivity index (χ1v) is 6.83. The second-order valence-electron chi connectivity index (χ2n) is 4.84. The van der Waals surface area contributed by atoms with E-state index in [2.05, 4.69) is 5.32 Å². The molecule has 0 saturated heterocycles. The van der Waals surface area contributed by atoms with Crippen molar-refractivity contribution in [3.05, 3.63) is 35.4 Å². The molecule has 1 saturated carbocycles. The van der Waals surface area contributed by atoms with Crippen LogP contribution in [0.15, 0.2) is 24.3 Å². The van der Waals surface area contributed by atoms with E-state index < -0.39 is 0 Å². The zero-order chi connectivity index (χ0) is 13.8. The highest BCUT2D eigenvalue weighted by atomic mass is 35.5. The smallest absolute Gasteiger partial charge is 0.254 e. The van der Waals surface area contributed by atoms with Crippen molar-refractivity contribution in [1.82, 2.24) is 10.2 Å². The molecule has 1 N–H and O–H groups in total. The summed E-state index contributed by atoms with van der Waals surface area (Å²) in [6, 6.07) is 7.46. The van der Waals surface area contributed by atoms with Gasteiger partial charge in [0.05, 0.1) is 6.54 Å². The molecule has 1 aromatic rings. The zero-order valence-corrected chi connectivity index (χ0v) is 11.6. The summed E-state index contributed by atoms with van der Waals surface area (Å²) >= 11 is 5.74. The van der Waals surface area contributed by atoms with Crippen molar-refractivity contribution in [2.24, 2.45) is 0 Å². The average Bonchev–Trinajstić information content (AvgIpc) is 3.21. The van der Waals surface area contributed by atoms with Crippen LogP contribution in [-0.4, -0.2) is 36.3 Å². The molecule has 1 fully saturated rings. The van der Waals surface area contributed by atoms with E-state index in [0.29, 0.717) is 17.5 Å². The number of nitrogens with one attached hydrogen (secondary N) is 1. The van der Waals surface area contributed by atoms with Crippen molar-refractivity contribution in [3.63, 3.8) is 0 Å². The first-order chi connectivity index (χ1) is 9.10. The molecule has 0 unspecified atom stereocenters. The van der Waals surface area contributed by atoms with Gasteiger partial charge < -0.3 is 10.2 Å². The number of benzene rings is 1. The van der Waals surface area contributed by atoms with Gasteiger partial charge in [0, 0.05) is 24.5 Å². The summed E-state index contributed by atoms with van der Waals surface area (Å²) in [5.74, 6) is 0.0947. The molecular weight excluding hydrogens is 264 g/mol. The van der Waals surface area contributed by atoms with Gasteiger partial charge in [-0.25, -0.2) is 0 Å². The summed E-state index contributed by atoms with van der Waals surface area (Å²) in [6.45, 7) is 0.0838. The van der Waals surface area contributed by atoms with Crippen LogP contribution >= 0.6 is 11.6 Å². The summed E-state index contributed by atoms with van der Waals surface area (Å²) in [6.07, 6.45) is 2.09. The molecule has 1 aliphatic rings. The van der Waals surface area contributed by atoms with Gasteiger partial charge in [0.1, 0.15) is 0 Å². The zero-order valence-electron chi connectivity index (χ0n) is 10.9.